The quantitative estimate of drug-likeness (QED) is 0.606. The molecule has 0 aliphatic carbocycles. The summed E-state index contributed by atoms with van der Waals surface area (Å²) in [6.45, 7) is 0. The van der Waals surface area contributed by atoms with E-state index in [0.29, 0.717) is 16.7 Å². The second-order valence-corrected chi connectivity index (χ2v) is 5.89. The van der Waals surface area contributed by atoms with Gasteiger partial charge in [0.05, 0.1) is 16.6 Å². The SMILES string of the molecule is O=c1c2ccccc2nc(/C=C/c2ccc(O)cc2)n1-c1ccccc1. The van der Waals surface area contributed by atoms with E-state index in [2.05, 4.69) is 4.98 Å². The van der Waals surface area contributed by atoms with Crippen LogP contribution < -0.4 is 5.56 Å². The predicted octanol–water partition coefficient (Wildman–Crippen LogP) is 4.26. The molecule has 0 radical (unpaired) electrons. The minimum absolute atomic E-state index is 0.104. The Labute approximate surface area is 150 Å². The summed E-state index contributed by atoms with van der Waals surface area (Å²) < 4.78 is 1.61. The maximum absolute atomic E-state index is 13.1. The van der Waals surface area contributed by atoms with E-state index in [1.807, 2.05) is 60.7 Å². The Bertz CT molecular complexity index is 1140. The number of hydrogen-bond donors (Lipinski definition) is 1. The molecule has 0 bridgehead atoms. The zero-order valence-electron chi connectivity index (χ0n) is 13.9. The topological polar surface area (TPSA) is 55.1 Å². The van der Waals surface area contributed by atoms with Gasteiger partial charge in [0.15, 0.2) is 0 Å². The third-order valence-corrected chi connectivity index (χ3v) is 4.13. The summed E-state index contributed by atoms with van der Waals surface area (Å²) in [5, 5.41) is 9.99. The lowest BCUT2D eigenvalue weighted by atomic mass is 10.2. The van der Waals surface area contributed by atoms with E-state index in [4.69, 9.17) is 0 Å². The molecule has 26 heavy (non-hydrogen) atoms. The van der Waals surface area contributed by atoms with Gasteiger partial charge in [-0.2, -0.15) is 0 Å². The Kier molecular flexibility index (Phi) is 4.07. The van der Waals surface area contributed by atoms with Crippen molar-refractivity contribution in [3.05, 3.63) is 101 Å². The molecule has 0 atom stereocenters. The summed E-state index contributed by atoms with van der Waals surface area (Å²) in [7, 11) is 0. The van der Waals surface area contributed by atoms with Gasteiger partial charge >= 0.3 is 0 Å². The monoisotopic (exact) mass is 340 g/mol. The lowest BCUT2D eigenvalue weighted by Crippen LogP contribution is -2.22. The van der Waals surface area contributed by atoms with E-state index < -0.39 is 0 Å². The van der Waals surface area contributed by atoms with E-state index in [0.717, 1.165) is 11.3 Å². The molecule has 0 aliphatic heterocycles. The Morgan fingerprint density at radius 2 is 1.50 bits per heavy atom. The van der Waals surface area contributed by atoms with Crippen LogP contribution in [0, 0.1) is 0 Å². The molecule has 0 unspecified atom stereocenters. The van der Waals surface area contributed by atoms with Crippen LogP contribution in [0.25, 0.3) is 28.7 Å². The Morgan fingerprint density at radius 1 is 0.808 bits per heavy atom. The first kappa shape index (κ1) is 15.8. The normalized spacial score (nSPS) is 11.2. The van der Waals surface area contributed by atoms with Gasteiger partial charge in [-0.1, -0.05) is 48.5 Å². The van der Waals surface area contributed by atoms with Gasteiger partial charge < -0.3 is 5.11 Å². The van der Waals surface area contributed by atoms with Crippen LogP contribution >= 0.6 is 0 Å². The highest BCUT2D eigenvalue weighted by atomic mass is 16.3. The summed E-state index contributed by atoms with van der Waals surface area (Å²) in [5.41, 5.74) is 2.23. The second kappa shape index (κ2) is 6.69. The summed E-state index contributed by atoms with van der Waals surface area (Å²) in [4.78, 5) is 17.7. The molecule has 0 fully saturated rings. The maximum Gasteiger partial charge on any atom is 0.266 e. The van der Waals surface area contributed by atoms with Gasteiger partial charge in [-0.05, 0) is 48.0 Å². The Morgan fingerprint density at radius 3 is 2.27 bits per heavy atom. The van der Waals surface area contributed by atoms with Gasteiger partial charge in [0.1, 0.15) is 11.6 Å². The van der Waals surface area contributed by atoms with E-state index in [1.165, 1.54) is 0 Å². The lowest BCUT2D eigenvalue weighted by molar-refractivity contribution is 0.475. The number of rotatable bonds is 3. The van der Waals surface area contributed by atoms with Crippen molar-refractivity contribution in [1.82, 2.24) is 9.55 Å². The summed E-state index contributed by atoms with van der Waals surface area (Å²) in [6.07, 6.45) is 3.68. The Hall–Kier alpha value is -3.66. The standard InChI is InChI=1S/C22H16N2O2/c25-18-13-10-16(11-14-18)12-15-21-23-20-9-5-4-8-19(20)22(26)24(21)17-6-2-1-3-7-17/h1-15,25H/b15-12+. The molecule has 126 valence electrons. The number of hydrogen-bond acceptors (Lipinski definition) is 3. The largest absolute Gasteiger partial charge is 0.508 e. The molecule has 3 aromatic carbocycles. The zero-order valence-corrected chi connectivity index (χ0v) is 13.9. The number of para-hydroxylation sites is 2. The molecular formula is C22H16N2O2. The summed E-state index contributed by atoms with van der Waals surface area (Å²) in [5.74, 6) is 0.764. The fraction of sp³-hybridized carbons (Fsp3) is 0. The van der Waals surface area contributed by atoms with Crippen molar-refractivity contribution in [2.45, 2.75) is 0 Å². The fourth-order valence-electron chi connectivity index (χ4n) is 2.84. The highest BCUT2D eigenvalue weighted by molar-refractivity contribution is 5.80. The number of phenols is 1. The van der Waals surface area contributed by atoms with Crippen molar-refractivity contribution in [3.63, 3.8) is 0 Å². The van der Waals surface area contributed by atoms with Gasteiger partial charge in [0.25, 0.3) is 5.56 Å². The van der Waals surface area contributed by atoms with Crippen LogP contribution in [0.5, 0.6) is 5.75 Å². The first-order valence-electron chi connectivity index (χ1n) is 8.27. The van der Waals surface area contributed by atoms with E-state index in [9.17, 15) is 9.90 Å². The van der Waals surface area contributed by atoms with Gasteiger partial charge in [0, 0.05) is 0 Å². The summed E-state index contributed by atoms with van der Waals surface area (Å²) in [6, 6.07) is 23.7. The number of phenolic OH excluding ortho intramolecular Hbond substituents is 1. The van der Waals surface area contributed by atoms with Crippen molar-refractivity contribution < 1.29 is 5.11 Å². The maximum atomic E-state index is 13.1. The third-order valence-electron chi connectivity index (χ3n) is 4.13. The average Bonchev–Trinajstić information content (AvgIpc) is 2.68. The predicted molar refractivity (Wildman–Crippen MR) is 104 cm³/mol. The van der Waals surface area contributed by atoms with Crippen LogP contribution in [0.3, 0.4) is 0 Å². The zero-order chi connectivity index (χ0) is 17.9. The average molecular weight is 340 g/mol. The van der Waals surface area contributed by atoms with E-state index in [1.54, 1.807) is 34.9 Å². The van der Waals surface area contributed by atoms with Crippen LogP contribution in [0.4, 0.5) is 0 Å². The number of nitrogens with zero attached hydrogens (tertiary/aromatic N) is 2. The van der Waals surface area contributed by atoms with Crippen molar-refractivity contribution >= 4 is 23.1 Å². The third kappa shape index (κ3) is 3.00. The molecule has 4 rings (SSSR count). The molecule has 4 aromatic rings. The van der Waals surface area contributed by atoms with Crippen LogP contribution in [-0.2, 0) is 0 Å². The molecule has 0 amide bonds. The molecule has 4 heteroatoms. The Balaban J connectivity index is 1.92. The first-order valence-corrected chi connectivity index (χ1v) is 8.27. The fourth-order valence-corrected chi connectivity index (χ4v) is 2.84. The van der Waals surface area contributed by atoms with E-state index in [-0.39, 0.29) is 11.3 Å². The molecular weight excluding hydrogens is 324 g/mol. The van der Waals surface area contributed by atoms with Crippen LogP contribution in [0.15, 0.2) is 83.7 Å². The molecule has 1 N–H and O–H groups in total. The van der Waals surface area contributed by atoms with Crippen molar-refractivity contribution in [1.29, 1.82) is 0 Å². The van der Waals surface area contributed by atoms with Gasteiger partial charge in [-0.3, -0.25) is 9.36 Å². The molecule has 1 aromatic heterocycles. The number of aromatic nitrogens is 2. The number of aromatic hydroxyl groups is 1. The van der Waals surface area contributed by atoms with Gasteiger partial charge in [-0.25, -0.2) is 4.98 Å². The van der Waals surface area contributed by atoms with Gasteiger partial charge in [-0.15, -0.1) is 0 Å². The van der Waals surface area contributed by atoms with Crippen LogP contribution in [-0.4, -0.2) is 14.7 Å². The molecule has 0 spiro atoms. The highest BCUT2D eigenvalue weighted by Crippen LogP contribution is 2.16. The number of benzene rings is 3. The molecule has 0 saturated carbocycles. The molecule has 1 heterocycles. The van der Waals surface area contributed by atoms with Crippen LogP contribution in [0.2, 0.25) is 0 Å². The number of fused-ring (bicyclic) bond motifs is 1. The highest BCUT2D eigenvalue weighted by Gasteiger charge is 2.10. The molecule has 4 nitrogen and oxygen atoms in total. The second-order valence-electron chi connectivity index (χ2n) is 5.89. The van der Waals surface area contributed by atoms with Crippen molar-refractivity contribution in [2.24, 2.45) is 0 Å². The van der Waals surface area contributed by atoms with Crippen molar-refractivity contribution in [2.75, 3.05) is 0 Å². The first-order chi connectivity index (χ1) is 12.7. The van der Waals surface area contributed by atoms with Gasteiger partial charge in [0.2, 0.25) is 0 Å². The smallest absolute Gasteiger partial charge is 0.266 e. The minimum atomic E-state index is -0.104. The van der Waals surface area contributed by atoms with E-state index >= 15 is 0 Å². The van der Waals surface area contributed by atoms with Crippen molar-refractivity contribution in [3.8, 4) is 11.4 Å². The molecule has 0 saturated heterocycles. The molecule has 0 aliphatic rings. The minimum Gasteiger partial charge on any atom is -0.508 e. The van der Waals surface area contributed by atoms with Crippen LogP contribution in [0.1, 0.15) is 11.4 Å². The summed E-state index contributed by atoms with van der Waals surface area (Å²) >= 11 is 0. The lowest BCUT2D eigenvalue weighted by Gasteiger charge is -2.11.